The zero-order valence-electron chi connectivity index (χ0n) is 15.4. The summed E-state index contributed by atoms with van der Waals surface area (Å²) in [5.41, 5.74) is 0. The van der Waals surface area contributed by atoms with Crippen LogP contribution in [0, 0.1) is 0 Å². The number of furan rings is 1. The first-order valence-corrected chi connectivity index (χ1v) is 9.21. The van der Waals surface area contributed by atoms with Crippen molar-refractivity contribution >= 4 is 5.96 Å². The van der Waals surface area contributed by atoms with Crippen LogP contribution in [0.15, 0.2) is 40.5 Å². The van der Waals surface area contributed by atoms with E-state index >= 15 is 0 Å². The fraction of sp³-hybridized carbons (Fsp3) is 0.632. The maximum atomic E-state index is 5.36. The Balaban J connectivity index is 1.74. The van der Waals surface area contributed by atoms with Crippen molar-refractivity contribution in [3.8, 4) is 0 Å². The standard InChI is InChI=1S/C19H32N4O2/c1-3-10-20-19(21-11-7-18-6-4-16-25-18)22-17-8-13-23(14-9-17)12-5-15-24-2/h3-4,6,16-17H,1,5,7-15H2,2H3,(H2,20,21,22). The molecule has 1 aliphatic rings. The molecule has 140 valence electrons. The van der Waals surface area contributed by atoms with Crippen molar-refractivity contribution in [2.24, 2.45) is 4.99 Å². The summed E-state index contributed by atoms with van der Waals surface area (Å²) in [5.74, 6) is 1.83. The van der Waals surface area contributed by atoms with Gasteiger partial charge in [-0.05, 0) is 31.4 Å². The predicted octanol–water partition coefficient (Wildman–Crippen LogP) is 2.04. The van der Waals surface area contributed by atoms with Gasteiger partial charge in [0, 0.05) is 58.9 Å². The molecule has 1 aromatic rings. The second kappa shape index (κ2) is 11.7. The molecule has 2 N–H and O–H groups in total. The number of likely N-dealkylation sites (tertiary alicyclic amines) is 1. The van der Waals surface area contributed by atoms with E-state index in [0.717, 1.165) is 63.6 Å². The zero-order chi connectivity index (χ0) is 17.7. The fourth-order valence-corrected chi connectivity index (χ4v) is 2.98. The lowest BCUT2D eigenvalue weighted by Gasteiger charge is -2.33. The highest BCUT2D eigenvalue weighted by Crippen LogP contribution is 2.10. The number of rotatable bonds is 10. The van der Waals surface area contributed by atoms with Crippen LogP contribution < -0.4 is 10.6 Å². The largest absolute Gasteiger partial charge is 0.469 e. The Morgan fingerprint density at radius 3 is 3.00 bits per heavy atom. The van der Waals surface area contributed by atoms with Crippen LogP contribution in [0.1, 0.15) is 25.0 Å². The summed E-state index contributed by atoms with van der Waals surface area (Å²) < 4.78 is 10.5. The number of aliphatic imine (C=N–C) groups is 1. The molecule has 0 unspecified atom stereocenters. The normalized spacial score (nSPS) is 16.8. The molecule has 1 aromatic heterocycles. The van der Waals surface area contributed by atoms with Gasteiger partial charge in [0.05, 0.1) is 6.26 Å². The summed E-state index contributed by atoms with van der Waals surface area (Å²) in [6.07, 6.45) is 7.75. The molecule has 0 amide bonds. The van der Waals surface area contributed by atoms with Gasteiger partial charge in [0.25, 0.3) is 0 Å². The monoisotopic (exact) mass is 348 g/mol. The van der Waals surface area contributed by atoms with Crippen LogP contribution in [0.3, 0.4) is 0 Å². The maximum absolute atomic E-state index is 5.36. The first-order chi connectivity index (χ1) is 12.3. The number of nitrogens with zero attached hydrogens (tertiary/aromatic N) is 2. The Bertz CT molecular complexity index is 494. The van der Waals surface area contributed by atoms with Gasteiger partial charge in [0.2, 0.25) is 0 Å². The van der Waals surface area contributed by atoms with Crippen LogP contribution in [0.2, 0.25) is 0 Å². The van der Waals surface area contributed by atoms with Gasteiger partial charge in [-0.2, -0.15) is 0 Å². The van der Waals surface area contributed by atoms with Crippen molar-refractivity contribution in [3.63, 3.8) is 0 Å². The van der Waals surface area contributed by atoms with E-state index in [4.69, 9.17) is 9.15 Å². The quantitative estimate of drug-likeness (QED) is 0.293. The molecule has 1 aliphatic heterocycles. The predicted molar refractivity (Wildman–Crippen MR) is 102 cm³/mol. The van der Waals surface area contributed by atoms with Crippen molar-refractivity contribution in [1.29, 1.82) is 0 Å². The molecule has 0 spiro atoms. The second-order valence-electron chi connectivity index (χ2n) is 6.34. The van der Waals surface area contributed by atoms with Crippen molar-refractivity contribution < 1.29 is 9.15 Å². The molecule has 6 nitrogen and oxygen atoms in total. The highest BCUT2D eigenvalue weighted by molar-refractivity contribution is 5.80. The molecular formula is C19H32N4O2. The highest BCUT2D eigenvalue weighted by Gasteiger charge is 2.19. The molecule has 0 radical (unpaired) electrons. The van der Waals surface area contributed by atoms with E-state index in [1.807, 2.05) is 18.2 Å². The number of ether oxygens (including phenoxy) is 1. The molecule has 1 fully saturated rings. The van der Waals surface area contributed by atoms with Crippen LogP contribution in [0.4, 0.5) is 0 Å². The summed E-state index contributed by atoms with van der Waals surface area (Å²) in [6, 6.07) is 4.37. The van der Waals surface area contributed by atoms with Gasteiger partial charge in [0.15, 0.2) is 5.96 Å². The van der Waals surface area contributed by atoms with E-state index in [1.165, 1.54) is 0 Å². The average molecular weight is 348 g/mol. The first-order valence-electron chi connectivity index (χ1n) is 9.21. The lowest BCUT2D eigenvalue weighted by atomic mass is 10.1. The van der Waals surface area contributed by atoms with Gasteiger partial charge in [0.1, 0.15) is 5.76 Å². The minimum absolute atomic E-state index is 0.471. The zero-order valence-corrected chi connectivity index (χ0v) is 15.4. The number of hydrogen-bond acceptors (Lipinski definition) is 4. The summed E-state index contributed by atoms with van der Waals surface area (Å²) in [5, 5.41) is 6.88. The minimum Gasteiger partial charge on any atom is -0.469 e. The van der Waals surface area contributed by atoms with Crippen LogP contribution in [0.5, 0.6) is 0 Å². The molecule has 2 heterocycles. The van der Waals surface area contributed by atoms with E-state index in [0.29, 0.717) is 19.1 Å². The third-order valence-electron chi connectivity index (χ3n) is 4.37. The molecule has 6 heteroatoms. The third kappa shape index (κ3) is 7.75. The number of methoxy groups -OCH3 is 1. The van der Waals surface area contributed by atoms with E-state index in [1.54, 1.807) is 13.4 Å². The van der Waals surface area contributed by atoms with Crippen molar-refractivity contribution in [2.75, 3.05) is 46.4 Å². The van der Waals surface area contributed by atoms with Crippen molar-refractivity contribution in [2.45, 2.75) is 31.7 Å². The summed E-state index contributed by atoms with van der Waals surface area (Å²) in [6.45, 7) is 9.41. The van der Waals surface area contributed by atoms with Crippen molar-refractivity contribution in [3.05, 3.63) is 36.8 Å². The van der Waals surface area contributed by atoms with Gasteiger partial charge < -0.3 is 24.7 Å². The highest BCUT2D eigenvalue weighted by atomic mass is 16.5. The lowest BCUT2D eigenvalue weighted by molar-refractivity contribution is 0.155. The molecule has 0 bridgehead atoms. The lowest BCUT2D eigenvalue weighted by Crippen LogP contribution is -2.49. The van der Waals surface area contributed by atoms with Gasteiger partial charge in [-0.1, -0.05) is 6.08 Å². The topological polar surface area (TPSA) is 62.0 Å². The van der Waals surface area contributed by atoms with E-state index in [-0.39, 0.29) is 0 Å². The van der Waals surface area contributed by atoms with Gasteiger partial charge in [-0.25, -0.2) is 0 Å². The Hall–Kier alpha value is -1.79. The average Bonchev–Trinajstić information content (AvgIpc) is 3.14. The molecule has 0 atom stereocenters. The van der Waals surface area contributed by atoms with E-state index in [2.05, 4.69) is 27.1 Å². The Morgan fingerprint density at radius 2 is 2.32 bits per heavy atom. The van der Waals surface area contributed by atoms with Crippen LogP contribution in [0.25, 0.3) is 0 Å². The van der Waals surface area contributed by atoms with Crippen LogP contribution >= 0.6 is 0 Å². The Morgan fingerprint density at radius 1 is 1.48 bits per heavy atom. The fourth-order valence-electron chi connectivity index (χ4n) is 2.98. The van der Waals surface area contributed by atoms with Gasteiger partial charge in [-0.3, -0.25) is 4.99 Å². The first kappa shape index (κ1) is 19.5. The van der Waals surface area contributed by atoms with Gasteiger partial charge >= 0.3 is 0 Å². The minimum atomic E-state index is 0.471. The van der Waals surface area contributed by atoms with Crippen molar-refractivity contribution in [1.82, 2.24) is 15.5 Å². The smallest absolute Gasteiger partial charge is 0.191 e. The van der Waals surface area contributed by atoms with E-state index < -0.39 is 0 Å². The summed E-state index contributed by atoms with van der Waals surface area (Å²) in [7, 11) is 1.76. The number of nitrogens with one attached hydrogen (secondary N) is 2. The summed E-state index contributed by atoms with van der Waals surface area (Å²) >= 11 is 0. The molecule has 2 rings (SSSR count). The number of piperidine rings is 1. The van der Waals surface area contributed by atoms with E-state index in [9.17, 15) is 0 Å². The van der Waals surface area contributed by atoms with Crippen LogP contribution in [-0.4, -0.2) is 63.3 Å². The molecule has 0 aromatic carbocycles. The maximum Gasteiger partial charge on any atom is 0.191 e. The summed E-state index contributed by atoms with van der Waals surface area (Å²) in [4.78, 5) is 7.18. The molecular weight excluding hydrogens is 316 g/mol. The molecule has 25 heavy (non-hydrogen) atoms. The number of hydrogen-bond donors (Lipinski definition) is 2. The van der Waals surface area contributed by atoms with Gasteiger partial charge in [-0.15, -0.1) is 6.58 Å². The Kier molecular flexibility index (Phi) is 9.15. The second-order valence-corrected chi connectivity index (χ2v) is 6.34. The third-order valence-corrected chi connectivity index (χ3v) is 4.37. The Labute approximate surface area is 151 Å². The number of guanidine groups is 1. The molecule has 0 aliphatic carbocycles. The molecule has 1 saturated heterocycles. The SMILES string of the molecule is C=CCNC(=NCCc1ccco1)NC1CCN(CCCOC)CC1. The van der Waals surface area contributed by atoms with Crippen LogP contribution in [-0.2, 0) is 11.2 Å². The molecule has 0 saturated carbocycles.